The van der Waals surface area contributed by atoms with Gasteiger partial charge in [-0.15, -0.1) is 11.8 Å². The van der Waals surface area contributed by atoms with E-state index in [-0.39, 0.29) is 4.90 Å². The van der Waals surface area contributed by atoms with E-state index in [0.717, 1.165) is 41.9 Å². The number of hydrogen-bond acceptors (Lipinski definition) is 5. The second kappa shape index (κ2) is 12.2. The summed E-state index contributed by atoms with van der Waals surface area (Å²) in [4.78, 5) is 14.0. The molecule has 0 radical (unpaired) electrons. The highest BCUT2D eigenvalue weighted by atomic mass is 79.9. The Kier molecular flexibility index (Phi) is 8.99. The third-order valence-corrected chi connectivity index (χ3v) is 9.21. The summed E-state index contributed by atoms with van der Waals surface area (Å²) in [5.74, 6) is -0.558. The van der Waals surface area contributed by atoms with Crippen LogP contribution in [-0.2, 0) is 14.8 Å². The average Bonchev–Trinajstić information content (AvgIpc) is 3.20. The number of aromatic nitrogens is 1. The van der Waals surface area contributed by atoms with Gasteiger partial charge in [0.05, 0.1) is 16.8 Å². The molecule has 0 bridgehead atoms. The summed E-state index contributed by atoms with van der Waals surface area (Å²) in [6.45, 7) is 5.47. The first-order valence-electron chi connectivity index (χ1n) is 12.1. The summed E-state index contributed by atoms with van der Waals surface area (Å²) in [5.41, 5.74) is 7.69. The summed E-state index contributed by atoms with van der Waals surface area (Å²) in [5, 5.41) is 4.13. The largest absolute Gasteiger partial charge is 0.318 e. The number of nitrogens with one attached hydrogen (secondary N) is 1. The highest BCUT2D eigenvalue weighted by Gasteiger charge is 2.27. The molecule has 0 spiro atoms. The van der Waals surface area contributed by atoms with Crippen LogP contribution in [0, 0.1) is 20.8 Å². The average molecular weight is 626 g/mol. The topological polar surface area (TPSA) is 83.8 Å². The number of rotatable bonds is 9. The van der Waals surface area contributed by atoms with Crippen LogP contribution in [0.25, 0.3) is 5.69 Å². The van der Waals surface area contributed by atoms with Crippen LogP contribution in [0.2, 0.25) is 0 Å². The van der Waals surface area contributed by atoms with Crippen LogP contribution in [0.4, 0.5) is 5.69 Å². The minimum Gasteiger partial charge on any atom is -0.318 e. The van der Waals surface area contributed by atoms with Crippen LogP contribution in [0.15, 0.2) is 98.2 Å². The Morgan fingerprint density at radius 1 is 1.03 bits per heavy atom. The quantitative estimate of drug-likeness (QED) is 0.136. The maximum atomic E-state index is 13.6. The van der Waals surface area contributed by atoms with Gasteiger partial charge < -0.3 is 4.57 Å². The number of halogens is 1. The Balaban J connectivity index is 1.55. The zero-order valence-electron chi connectivity index (χ0n) is 22.1. The van der Waals surface area contributed by atoms with Gasteiger partial charge in [-0.1, -0.05) is 39.7 Å². The third kappa shape index (κ3) is 6.63. The van der Waals surface area contributed by atoms with E-state index in [4.69, 9.17) is 0 Å². The number of nitrogens with zero attached hydrogens (tertiary/aromatic N) is 3. The molecule has 10 heteroatoms. The Morgan fingerprint density at radius 2 is 1.72 bits per heavy atom. The van der Waals surface area contributed by atoms with Crippen molar-refractivity contribution < 1.29 is 13.2 Å². The number of amides is 1. The Bertz CT molecular complexity index is 1610. The van der Waals surface area contributed by atoms with Gasteiger partial charge in [-0.3, -0.25) is 9.10 Å². The number of sulfonamides is 1. The number of carbonyl (C=O) groups excluding carboxylic acids is 1. The lowest BCUT2D eigenvalue weighted by molar-refractivity contribution is -0.119. The van der Waals surface area contributed by atoms with Crippen molar-refractivity contribution in [2.75, 3.05) is 17.1 Å². The first-order valence-corrected chi connectivity index (χ1v) is 15.6. The van der Waals surface area contributed by atoms with Gasteiger partial charge in [-0.05, 0) is 87.7 Å². The lowest BCUT2D eigenvalue weighted by Gasteiger charge is -2.24. The SMILES string of the molecule is CSc1ccc(S(=O)(=O)N(CC(=O)N/N=C\c2cc(C)n(-c3cccc(Br)c3)c2C)c2ccc(C)cc2)cc1. The zero-order chi connectivity index (χ0) is 28.2. The maximum Gasteiger partial charge on any atom is 0.264 e. The number of hydrazone groups is 1. The molecule has 0 aliphatic heterocycles. The van der Waals surface area contributed by atoms with Crippen molar-refractivity contribution >= 4 is 55.5 Å². The molecule has 39 heavy (non-hydrogen) atoms. The number of aryl methyl sites for hydroxylation is 2. The van der Waals surface area contributed by atoms with Crippen molar-refractivity contribution in [1.82, 2.24) is 9.99 Å². The summed E-state index contributed by atoms with van der Waals surface area (Å²) in [7, 11) is -4.00. The number of thioether (sulfide) groups is 1. The van der Waals surface area contributed by atoms with Crippen LogP contribution >= 0.6 is 27.7 Å². The Labute approximate surface area is 242 Å². The number of anilines is 1. The van der Waals surface area contributed by atoms with E-state index in [2.05, 4.69) is 31.0 Å². The number of benzene rings is 3. The van der Waals surface area contributed by atoms with E-state index in [0.29, 0.717) is 5.69 Å². The lowest BCUT2D eigenvalue weighted by Crippen LogP contribution is -2.39. The van der Waals surface area contributed by atoms with Crippen LogP contribution in [-0.4, -0.2) is 37.9 Å². The lowest BCUT2D eigenvalue weighted by atomic mass is 10.2. The van der Waals surface area contributed by atoms with Crippen molar-refractivity contribution in [2.45, 2.75) is 30.6 Å². The predicted molar refractivity (Wildman–Crippen MR) is 163 cm³/mol. The van der Waals surface area contributed by atoms with E-state index >= 15 is 0 Å². The highest BCUT2D eigenvalue weighted by molar-refractivity contribution is 9.10. The summed E-state index contributed by atoms with van der Waals surface area (Å²) >= 11 is 5.04. The van der Waals surface area contributed by atoms with Gasteiger partial charge in [0.1, 0.15) is 6.54 Å². The summed E-state index contributed by atoms with van der Waals surface area (Å²) in [6, 6.07) is 23.6. The predicted octanol–water partition coefficient (Wildman–Crippen LogP) is 6.23. The van der Waals surface area contributed by atoms with Gasteiger partial charge in [0.2, 0.25) is 0 Å². The fraction of sp³-hybridized carbons (Fsp3) is 0.172. The normalized spacial score (nSPS) is 11.6. The molecule has 202 valence electrons. The van der Waals surface area contributed by atoms with Gasteiger partial charge in [-0.25, -0.2) is 13.8 Å². The summed E-state index contributed by atoms with van der Waals surface area (Å²) in [6.07, 6.45) is 3.49. The van der Waals surface area contributed by atoms with Crippen LogP contribution in [0.3, 0.4) is 0 Å². The number of hydrogen-bond donors (Lipinski definition) is 1. The van der Waals surface area contributed by atoms with Crippen LogP contribution < -0.4 is 9.73 Å². The van der Waals surface area contributed by atoms with E-state index < -0.39 is 22.5 Å². The summed E-state index contributed by atoms with van der Waals surface area (Å²) < 4.78 is 31.3. The van der Waals surface area contributed by atoms with Gasteiger partial charge >= 0.3 is 0 Å². The van der Waals surface area contributed by atoms with Gasteiger partial charge in [-0.2, -0.15) is 5.10 Å². The molecular weight excluding hydrogens is 596 g/mol. The molecule has 4 rings (SSSR count). The monoisotopic (exact) mass is 624 g/mol. The van der Waals surface area contributed by atoms with Crippen molar-refractivity contribution in [3.05, 3.63) is 106 Å². The van der Waals surface area contributed by atoms with Crippen LogP contribution in [0.5, 0.6) is 0 Å². The molecule has 1 N–H and O–H groups in total. The van der Waals surface area contributed by atoms with Gasteiger partial charge in [0.25, 0.3) is 15.9 Å². The molecule has 1 aromatic heterocycles. The number of carbonyl (C=O) groups is 1. The second-order valence-corrected chi connectivity index (χ2v) is 12.6. The molecule has 7 nitrogen and oxygen atoms in total. The zero-order valence-corrected chi connectivity index (χ0v) is 25.3. The molecule has 0 aliphatic carbocycles. The second-order valence-electron chi connectivity index (χ2n) is 8.96. The highest BCUT2D eigenvalue weighted by Crippen LogP contribution is 2.26. The third-order valence-electron chi connectivity index (χ3n) is 6.19. The standard InChI is InChI=1S/C29H29BrN4O3S2/c1-20-8-10-25(11-9-20)33(39(36,37)28-14-12-27(38-4)13-15-28)19-29(35)32-31-18-23-16-21(2)34(22(23)3)26-7-5-6-24(30)17-26/h5-18H,19H2,1-4H3,(H,32,35)/b31-18-. The van der Waals surface area contributed by atoms with Crippen molar-refractivity contribution in [2.24, 2.45) is 5.10 Å². The van der Waals surface area contributed by atoms with E-state index in [1.165, 1.54) is 11.8 Å². The molecule has 0 aliphatic rings. The van der Waals surface area contributed by atoms with Gasteiger partial charge in [0, 0.05) is 32.0 Å². The molecule has 1 amide bonds. The molecule has 4 aromatic rings. The van der Waals surface area contributed by atoms with E-state index in [9.17, 15) is 13.2 Å². The van der Waals surface area contributed by atoms with Crippen molar-refractivity contribution in [1.29, 1.82) is 0 Å². The molecular formula is C29H29BrN4O3S2. The van der Waals surface area contributed by atoms with E-state index in [1.807, 2.05) is 69.5 Å². The molecule has 0 saturated heterocycles. The maximum absolute atomic E-state index is 13.6. The smallest absolute Gasteiger partial charge is 0.264 e. The van der Waals surface area contributed by atoms with Gasteiger partial charge in [0.15, 0.2) is 0 Å². The van der Waals surface area contributed by atoms with Crippen molar-refractivity contribution in [3.63, 3.8) is 0 Å². The van der Waals surface area contributed by atoms with Crippen molar-refractivity contribution in [3.8, 4) is 5.69 Å². The molecule has 0 fully saturated rings. The Morgan fingerprint density at radius 3 is 2.36 bits per heavy atom. The first-order chi connectivity index (χ1) is 18.6. The molecule has 1 heterocycles. The van der Waals surface area contributed by atoms with Crippen LogP contribution in [0.1, 0.15) is 22.5 Å². The molecule has 3 aromatic carbocycles. The van der Waals surface area contributed by atoms with E-state index in [1.54, 1.807) is 42.6 Å². The fourth-order valence-electron chi connectivity index (χ4n) is 4.17. The first kappa shape index (κ1) is 28.7. The minimum absolute atomic E-state index is 0.108. The Hall–Kier alpha value is -3.34. The molecule has 0 unspecified atom stereocenters. The molecule has 0 saturated carbocycles. The fourth-order valence-corrected chi connectivity index (χ4v) is 6.39. The minimum atomic E-state index is -4.00. The molecule has 0 atom stereocenters.